The van der Waals surface area contributed by atoms with Crippen molar-refractivity contribution in [3.05, 3.63) is 0 Å². The van der Waals surface area contributed by atoms with Gasteiger partial charge in [-0.25, -0.2) is 0 Å². The van der Waals surface area contributed by atoms with Crippen LogP contribution in [-0.2, 0) is 4.79 Å². The average molecular weight is 223 g/mol. The Balaban J connectivity index is 2.20. The molecule has 1 saturated heterocycles. The van der Waals surface area contributed by atoms with Gasteiger partial charge in [0.05, 0.1) is 6.04 Å². The Morgan fingerprint density at radius 1 is 1.25 bits per heavy atom. The van der Waals surface area contributed by atoms with E-state index in [2.05, 4.69) is 32.6 Å². The van der Waals surface area contributed by atoms with Crippen LogP contribution in [0.4, 0.5) is 0 Å². The fourth-order valence-electron chi connectivity index (χ4n) is 3.52. The first-order valence-electron chi connectivity index (χ1n) is 6.58. The zero-order valence-corrected chi connectivity index (χ0v) is 11.4. The minimum atomic E-state index is 0.168. The Kier molecular flexibility index (Phi) is 2.69. The van der Waals surface area contributed by atoms with Crippen LogP contribution >= 0.6 is 0 Å². The van der Waals surface area contributed by atoms with Gasteiger partial charge >= 0.3 is 0 Å². The van der Waals surface area contributed by atoms with Crippen molar-refractivity contribution in [1.82, 2.24) is 4.90 Å². The molecule has 3 unspecified atom stereocenters. The fourth-order valence-corrected chi connectivity index (χ4v) is 3.52. The van der Waals surface area contributed by atoms with Crippen LogP contribution in [0.15, 0.2) is 0 Å². The van der Waals surface area contributed by atoms with E-state index in [0.717, 1.165) is 12.5 Å². The summed E-state index contributed by atoms with van der Waals surface area (Å²) in [5.74, 6) is 1.99. The second-order valence-electron chi connectivity index (χ2n) is 6.75. The highest BCUT2D eigenvalue weighted by Gasteiger charge is 2.68. The summed E-state index contributed by atoms with van der Waals surface area (Å²) in [7, 11) is 0. The lowest BCUT2D eigenvalue weighted by Gasteiger charge is -2.33. The van der Waals surface area contributed by atoms with E-state index in [1.807, 2.05) is 13.8 Å². The molecule has 0 spiro atoms. The molecule has 1 heterocycles. The Morgan fingerprint density at radius 3 is 2.25 bits per heavy atom. The van der Waals surface area contributed by atoms with Gasteiger partial charge in [-0.05, 0) is 31.1 Å². The summed E-state index contributed by atoms with van der Waals surface area (Å²) in [4.78, 5) is 14.8. The molecule has 1 aliphatic carbocycles. The van der Waals surface area contributed by atoms with E-state index in [9.17, 15) is 4.79 Å². The maximum Gasteiger partial charge on any atom is 0.152 e. The minimum Gasteiger partial charge on any atom is -0.298 e. The number of hydrogen-bond donors (Lipinski definition) is 0. The van der Waals surface area contributed by atoms with E-state index in [1.54, 1.807) is 0 Å². The maximum atomic E-state index is 12.3. The van der Waals surface area contributed by atoms with Crippen molar-refractivity contribution >= 4 is 5.78 Å². The molecule has 16 heavy (non-hydrogen) atoms. The van der Waals surface area contributed by atoms with E-state index in [0.29, 0.717) is 23.2 Å². The summed E-state index contributed by atoms with van der Waals surface area (Å²) in [6, 6.07) is 0.691. The molecule has 0 aromatic carbocycles. The molecule has 2 fully saturated rings. The lowest BCUT2D eigenvalue weighted by atomic mass is 9.92. The van der Waals surface area contributed by atoms with Gasteiger partial charge < -0.3 is 0 Å². The number of fused-ring (bicyclic) bond motifs is 1. The third-order valence-electron chi connectivity index (χ3n) is 4.77. The number of hydrogen-bond acceptors (Lipinski definition) is 2. The lowest BCUT2D eigenvalue weighted by Crippen LogP contribution is -2.46. The molecule has 2 aliphatic rings. The Bertz CT molecular complexity index is 304. The molecule has 92 valence electrons. The Morgan fingerprint density at radius 2 is 1.81 bits per heavy atom. The molecule has 0 radical (unpaired) electrons. The van der Waals surface area contributed by atoms with Crippen molar-refractivity contribution in [2.45, 2.75) is 53.6 Å². The van der Waals surface area contributed by atoms with E-state index in [-0.39, 0.29) is 12.0 Å². The largest absolute Gasteiger partial charge is 0.298 e. The minimum absolute atomic E-state index is 0.168. The number of likely N-dealkylation sites (tertiary alicyclic amines) is 1. The van der Waals surface area contributed by atoms with Gasteiger partial charge in [-0.2, -0.15) is 0 Å². The molecule has 0 aromatic heterocycles. The monoisotopic (exact) mass is 223 g/mol. The van der Waals surface area contributed by atoms with E-state index >= 15 is 0 Å². The number of nitrogens with zero attached hydrogens (tertiary/aromatic N) is 1. The van der Waals surface area contributed by atoms with Crippen molar-refractivity contribution in [1.29, 1.82) is 0 Å². The van der Waals surface area contributed by atoms with Gasteiger partial charge in [0, 0.05) is 18.5 Å². The summed E-state index contributed by atoms with van der Waals surface area (Å²) in [6.07, 6.45) is 0. The molecule has 0 bridgehead atoms. The number of rotatable bonds is 3. The number of carbonyl (C=O) groups excluding carboxylic acids is 1. The van der Waals surface area contributed by atoms with Gasteiger partial charge in [-0.15, -0.1) is 0 Å². The summed E-state index contributed by atoms with van der Waals surface area (Å²) in [6.45, 7) is 14.2. The Labute approximate surface area is 99.4 Å². The van der Waals surface area contributed by atoms with Crippen molar-refractivity contribution in [2.24, 2.45) is 23.2 Å². The van der Waals surface area contributed by atoms with Crippen molar-refractivity contribution in [3.63, 3.8) is 0 Å². The van der Waals surface area contributed by atoms with Gasteiger partial charge in [0.15, 0.2) is 5.78 Å². The fraction of sp³-hybridized carbons (Fsp3) is 0.929. The molecule has 1 aliphatic heterocycles. The van der Waals surface area contributed by atoms with E-state index in [4.69, 9.17) is 0 Å². The predicted octanol–water partition coefficient (Wildman–Crippen LogP) is 2.58. The predicted molar refractivity (Wildman–Crippen MR) is 66.2 cm³/mol. The molecule has 0 amide bonds. The SMILES string of the molecule is CC(C)C(=O)C1C2C(CN1C(C)C)C2(C)C. The molecule has 2 heteroatoms. The molecule has 2 nitrogen and oxygen atoms in total. The van der Waals surface area contributed by atoms with Crippen LogP contribution < -0.4 is 0 Å². The van der Waals surface area contributed by atoms with Crippen LogP contribution in [0.5, 0.6) is 0 Å². The number of carbonyl (C=O) groups is 1. The Hall–Kier alpha value is -0.370. The molecule has 0 aromatic rings. The first-order chi connectivity index (χ1) is 7.28. The average Bonchev–Trinajstić information content (AvgIpc) is 2.60. The molecule has 3 atom stereocenters. The standard InChI is InChI=1S/C14H25NO/c1-8(2)13(16)12-11-10(14(11,5)6)7-15(12)9(3)4/h8-12H,7H2,1-6H3. The van der Waals surface area contributed by atoms with Gasteiger partial charge in [-0.1, -0.05) is 27.7 Å². The lowest BCUT2D eigenvalue weighted by molar-refractivity contribution is -0.128. The van der Waals surface area contributed by atoms with Crippen LogP contribution in [0.1, 0.15) is 41.5 Å². The van der Waals surface area contributed by atoms with Gasteiger partial charge in [0.1, 0.15) is 0 Å². The summed E-state index contributed by atoms with van der Waals surface area (Å²) >= 11 is 0. The third-order valence-corrected chi connectivity index (χ3v) is 4.77. The third kappa shape index (κ3) is 1.54. The summed E-state index contributed by atoms with van der Waals surface area (Å²) in [5.41, 5.74) is 0.403. The van der Waals surface area contributed by atoms with Gasteiger partial charge in [0.2, 0.25) is 0 Å². The first kappa shape index (κ1) is 12.1. The van der Waals surface area contributed by atoms with Gasteiger partial charge in [-0.3, -0.25) is 9.69 Å². The van der Waals surface area contributed by atoms with E-state index in [1.165, 1.54) is 0 Å². The molecule has 0 N–H and O–H groups in total. The van der Waals surface area contributed by atoms with Crippen LogP contribution in [0.25, 0.3) is 0 Å². The zero-order valence-electron chi connectivity index (χ0n) is 11.4. The highest BCUT2D eigenvalue weighted by Crippen LogP contribution is 2.65. The van der Waals surface area contributed by atoms with Crippen LogP contribution in [0, 0.1) is 23.2 Å². The van der Waals surface area contributed by atoms with Crippen LogP contribution in [0.2, 0.25) is 0 Å². The molecule has 1 saturated carbocycles. The zero-order chi connectivity index (χ0) is 12.2. The quantitative estimate of drug-likeness (QED) is 0.733. The van der Waals surface area contributed by atoms with Crippen LogP contribution in [0.3, 0.4) is 0 Å². The maximum absolute atomic E-state index is 12.3. The van der Waals surface area contributed by atoms with Crippen molar-refractivity contribution in [3.8, 4) is 0 Å². The highest BCUT2D eigenvalue weighted by molar-refractivity contribution is 5.87. The second-order valence-corrected chi connectivity index (χ2v) is 6.75. The molecule has 2 rings (SSSR count). The van der Waals surface area contributed by atoms with E-state index < -0.39 is 0 Å². The van der Waals surface area contributed by atoms with Crippen molar-refractivity contribution < 1.29 is 4.79 Å². The van der Waals surface area contributed by atoms with Crippen LogP contribution in [-0.4, -0.2) is 29.3 Å². The molecular formula is C14H25NO. The number of ketones is 1. The summed E-state index contributed by atoms with van der Waals surface area (Å²) in [5, 5.41) is 0. The smallest absolute Gasteiger partial charge is 0.152 e. The molecular weight excluding hydrogens is 198 g/mol. The second kappa shape index (κ2) is 3.56. The number of piperidine rings is 1. The first-order valence-corrected chi connectivity index (χ1v) is 6.58. The normalized spacial score (nSPS) is 36.9. The topological polar surface area (TPSA) is 20.3 Å². The summed E-state index contributed by atoms with van der Waals surface area (Å²) < 4.78 is 0. The van der Waals surface area contributed by atoms with Gasteiger partial charge in [0.25, 0.3) is 0 Å². The highest BCUT2D eigenvalue weighted by atomic mass is 16.1. The van der Waals surface area contributed by atoms with Crippen molar-refractivity contribution in [2.75, 3.05) is 6.54 Å². The number of Topliss-reactive ketones (excluding diaryl/α,β-unsaturated/α-hetero) is 1.